The van der Waals surface area contributed by atoms with Crippen molar-refractivity contribution in [3.05, 3.63) is 59.4 Å². The van der Waals surface area contributed by atoms with E-state index in [0.29, 0.717) is 12.8 Å². The fraction of sp³-hybridized carbons (Fsp3) is 0.350. The van der Waals surface area contributed by atoms with Gasteiger partial charge in [-0.25, -0.2) is 0 Å². The zero-order chi connectivity index (χ0) is 18.6. The van der Waals surface area contributed by atoms with Crippen LogP contribution in [0.5, 0.6) is 0 Å². The van der Waals surface area contributed by atoms with Crippen molar-refractivity contribution in [3.63, 3.8) is 0 Å². The summed E-state index contributed by atoms with van der Waals surface area (Å²) in [6.07, 6.45) is 12.0. The van der Waals surface area contributed by atoms with Gasteiger partial charge in [0.15, 0.2) is 13.9 Å². The van der Waals surface area contributed by atoms with Crippen LogP contribution in [0, 0.1) is 0 Å². The Bertz CT molecular complexity index is 898. The van der Waals surface area contributed by atoms with E-state index >= 15 is 0 Å². The van der Waals surface area contributed by atoms with E-state index in [9.17, 15) is 4.57 Å². The minimum Gasteiger partial charge on any atom is -0.357 e. The van der Waals surface area contributed by atoms with Crippen LogP contribution >= 0.6 is 18.7 Å². The number of para-hydroxylation sites is 1. The molecule has 0 amide bonds. The highest BCUT2D eigenvalue weighted by atomic mass is 32.1. The van der Waals surface area contributed by atoms with E-state index in [1.54, 1.807) is 18.0 Å². The smallest absolute Gasteiger partial charge is 0.263 e. The quantitative estimate of drug-likeness (QED) is 0.500. The maximum Gasteiger partial charge on any atom is 0.263 e. The molecule has 1 aromatic heterocycles. The van der Waals surface area contributed by atoms with Gasteiger partial charge in [-0.1, -0.05) is 23.5 Å². The number of hydrogen-bond acceptors (Lipinski definition) is 4. The predicted octanol–water partition coefficient (Wildman–Crippen LogP) is 4.88. The largest absolute Gasteiger partial charge is 0.357 e. The Balaban J connectivity index is 1.86. The maximum absolute atomic E-state index is 12.4. The van der Waals surface area contributed by atoms with Gasteiger partial charge in [0.2, 0.25) is 5.52 Å². The molecule has 1 atom stereocenters. The predicted molar refractivity (Wildman–Crippen MR) is 111 cm³/mol. The van der Waals surface area contributed by atoms with Gasteiger partial charge in [0, 0.05) is 50.8 Å². The summed E-state index contributed by atoms with van der Waals surface area (Å²) in [5, 5.41) is 1.21. The molecule has 0 radical (unpaired) electrons. The summed E-state index contributed by atoms with van der Waals surface area (Å²) in [5.74, 6) is 0. The first-order valence-electron chi connectivity index (χ1n) is 8.91. The van der Waals surface area contributed by atoms with Crippen LogP contribution in [-0.4, -0.2) is 31.4 Å². The molecular weight excluding hydrogens is 363 g/mol. The lowest BCUT2D eigenvalue weighted by molar-refractivity contribution is -0.668. The molecule has 0 saturated carbocycles. The minimum atomic E-state index is -2.48. The fourth-order valence-corrected chi connectivity index (χ4v) is 5.54. The van der Waals surface area contributed by atoms with Crippen LogP contribution in [0.2, 0.25) is 0 Å². The zero-order valence-electron chi connectivity index (χ0n) is 15.6. The molecule has 0 fully saturated rings. The van der Waals surface area contributed by atoms with Crippen LogP contribution in [0.1, 0.15) is 18.4 Å². The third-order valence-electron chi connectivity index (χ3n) is 4.28. The normalized spacial score (nSPS) is 16.3. The first-order valence-corrected chi connectivity index (χ1v) is 12.0. The van der Waals surface area contributed by atoms with Crippen molar-refractivity contribution < 1.29 is 13.7 Å². The van der Waals surface area contributed by atoms with Gasteiger partial charge in [-0.05, 0) is 30.7 Å². The van der Waals surface area contributed by atoms with Gasteiger partial charge in [-0.2, -0.15) is 4.57 Å². The molecule has 1 unspecified atom stereocenters. The number of thiazole rings is 1. The summed E-state index contributed by atoms with van der Waals surface area (Å²) in [6.45, 7) is 4.97. The van der Waals surface area contributed by atoms with E-state index in [0.717, 1.165) is 13.0 Å². The van der Waals surface area contributed by atoms with Gasteiger partial charge in [0.1, 0.15) is 4.70 Å². The lowest BCUT2D eigenvalue weighted by Gasteiger charge is -2.11. The average molecular weight is 389 g/mol. The number of fused-ring (bicyclic) bond motifs is 1. The van der Waals surface area contributed by atoms with Gasteiger partial charge in [0.05, 0.1) is 6.61 Å². The Morgan fingerprint density at radius 2 is 2.00 bits per heavy atom. The van der Waals surface area contributed by atoms with E-state index in [1.165, 1.54) is 20.8 Å². The van der Waals surface area contributed by atoms with E-state index < -0.39 is 7.37 Å². The monoisotopic (exact) mass is 389 g/mol. The Hall–Kier alpha value is -1.68. The molecule has 26 heavy (non-hydrogen) atoms. The summed E-state index contributed by atoms with van der Waals surface area (Å²) in [6, 6.07) is 8.46. The molecule has 0 aliphatic carbocycles. The maximum atomic E-state index is 12.4. The number of aryl methyl sites for hydroxylation is 1. The molecule has 0 saturated heterocycles. The first kappa shape index (κ1) is 19.1. The summed E-state index contributed by atoms with van der Waals surface area (Å²) in [7, 11) is -0.463. The Kier molecular flexibility index (Phi) is 6.13. The van der Waals surface area contributed by atoms with Crippen molar-refractivity contribution in [1.82, 2.24) is 4.90 Å². The van der Waals surface area contributed by atoms with Crippen molar-refractivity contribution in [1.29, 1.82) is 0 Å². The highest BCUT2D eigenvalue weighted by Gasteiger charge is 2.21. The number of allylic oxidation sites excluding steroid dienone is 3. The molecule has 4 nitrogen and oxygen atoms in total. The van der Waals surface area contributed by atoms with Gasteiger partial charge in [-0.3, -0.25) is 4.57 Å². The van der Waals surface area contributed by atoms with E-state index in [2.05, 4.69) is 59.5 Å². The molecule has 1 aliphatic rings. The SMILES string of the molecule is CCOP(C)(=O)CCC[n+]1c(C=C2C=CN(C)C=C2)sc2ccccc21. The molecule has 6 heteroatoms. The topological polar surface area (TPSA) is 33.4 Å². The molecule has 0 N–H and O–H groups in total. The summed E-state index contributed by atoms with van der Waals surface area (Å²) < 4.78 is 21.4. The van der Waals surface area contributed by atoms with Crippen LogP contribution in [0.15, 0.2) is 54.4 Å². The standard InChI is InChI=1S/C20H26N2O2PS/c1-4-24-25(3,23)15-7-12-22-18-8-5-6-9-19(18)26-20(22)16-17-10-13-21(2)14-11-17/h5-6,8-11,13-14,16H,4,7,12,15H2,1-3H3/q+1. The third-order valence-corrected chi connectivity index (χ3v) is 7.32. The lowest BCUT2D eigenvalue weighted by atomic mass is 10.2. The number of aromatic nitrogens is 1. The Morgan fingerprint density at radius 3 is 2.73 bits per heavy atom. The molecule has 3 rings (SSSR count). The van der Waals surface area contributed by atoms with Crippen molar-refractivity contribution in [2.45, 2.75) is 19.9 Å². The van der Waals surface area contributed by atoms with E-state index in [-0.39, 0.29) is 0 Å². The number of benzene rings is 1. The summed E-state index contributed by atoms with van der Waals surface area (Å²) >= 11 is 1.79. The van der Waals surface area contributed by atoms with Crippen LogP contribution < -0.4 is 4.57 Å². The van der Waals surface area contributed by atoms with E-state index in [4.69, 9.17) is 4.52 Å². The second kappa shape index (κ2) is 8.34. The summed E-state index contributed by atoms with van der Waals surface area (Å²) in [5.41, 5.74) is 2.41. The van der Waals surface area contributed by atoms with Gasteiger partial charge >= 0.3 is 0 Å². The van der Waals surface area contributed by atoms with E-state index in [1.807, 2.05) is 18.9 Å². The van der Waals surface area contributed by atoms with Gasteiger partial charge < -0.3 is 9.42 Å². The summed E-state index contributed by atoms with van der Waals surface area (Å²) in [4.78, 5) is 2.03. The molecule has 0 bridgehead atoms. The van der Waals surface area contributed by atoms with Crippen molar-refractivity contribution in [2.75, 3.05) is 26.5 Å². The van der Waals surface area contributed by atoms with Crippen LogP contribution in [0.25, 0.3) is 16.3 Å². The van der Waals surface area contributed by atoms with Gasteiger partial charge in [-0.15, -0.1) is 0 Å². The molecule has 2 heterocycles. The van der Waals surface area contributed by atoms with Gasteiger partial charge in [0.25, 0.3) is 5.01 Å². The Morgan fingerprint density at radius 1 is 1.27 bits per heavy atom. The number of nitrogens with zero attached hydrogens (tertiary/aromatic N) is 2. The molecular formula is C20H26N2O2PS+. The second-order valence-electron chi connectivity index (χ2n) is 6.51. The van der Waals surface area contributed by atoms with Crippen molar-refractivity contribution in [2.24, 2.45) is 0 Å². The third kappa shape index (κ3) is 4.73. The first-order chi connectivity index (χ1) is 12.5. The number of rotatable bonds is 7. The fourth-order valence-electron chi connectivity index (χ4n) is 3.00. The van der Waals surface area contributed by atoms with Crippen molar-refractivity contribution >= 4 is 35.0 Å². The molecule has 138 valence electrons. The molecule has 1 aliphatic heterocycles. The van der Waals surface area contributed by atoms with Crippen LogP contribution in [0.4, 0.5) is 0 Å². The highest BCUT2D eigenvalue weighted by molar-refractivity contribution is 7.58. The minimum absolute atomic E-state index is 0.507. The van der Waals surface area contributed by atoms with Crippen LogP contribution in [0.3, 0.4) is 0 Å². The molecule has 1 aromatic carbocycles. The average Bonchev–Trinajstić information content (AvgIpc) is 2.94. The number of hydrogen-bond donors (Lipinski definition) is 0. The molecule has 0 spiro atoms. The Labute approximate surface area is 159 Å². The second-order valence-corrected chi connectivity index (χ2v) is 10.3. The highest BCUT2D eigenvalue weighted by Crippen LogP contribution is 2.42. The van der Waals surface area contributed by atoms with Crippen LogP contribution in [-0.2, 0) is 15.6 Å². The molecule has 2 aromatic rings. The lowest BCUT2D eigenvalue weighted by Crippen LogP contribution is -2.35. The van der Waals surface area contributed by atoms with Crippen molar-refractivity contribution in [3.8, 4) is 0 Å². The zero-order valence-corrected chi connectivity index (χ0v) is 17.3.